The first-order valence-electron chi connectivity index (χ1n) is 10.8. The zero-order valence-electron chi connectivity index (χ0n) is 17.6. The molecular weight excluding hydrogens is 404 g/mol. The van der Waals surface area contributed by atoms with E-state index in [0.717, 1.165) is 11.1 Å². The molecule has 162 valence electrons. The van der Waals surface area contributed by atoms with Crippen LogP contribution in [-0.4, -0.2) is 36.6 Å². The first-order chi connectivity index (χ1) is 15.7. The number of benzene rings is 3. The number of carbonyl (C=O) groups excluding carboxylic acids is 2. The number of piperidine rings is 1. The molecule has 0 unspecified atom stereocenters. The highest BCUT2D eigenvalue weighted by atomic mass is 16.7. The van der Waals surface area contributed by atoms with Gasteiger partial charge in [0, 0.05) is 36.3 Å². The molecule has 1 saturated heterocycles. The highest BCUT2D eigenvalue weighted by molar-refractivity contribution is 5.96. The lowest BCUT2D eigenvalue weighted by Gasteiger charge is -2.31. The second kappa shape index (κ2) is 8.75. The molecule has 2 aliphatic heterocycles. The third-order valence-electron chi connectivity index (χ3n) is 6.03. The fourth-order valence-corrected chi connectivity index (χ4v) is 4.18. The van der Waals surface area contributed by atoms with Crippen molar-refractivity contribution in [2.45, 2.75) is 12.8 Å². The highest BCUT2D eigenvalue weighted by Crippen LogP contribution is 2.34. The molecule has 6 nitrogen and oxygen atoms in total. The van der Waals surface area contributed by atoms with E-state index in [2.05, 4.69) is 17.4 Å². The molecule has 0 aromatic heterocycles. The Hall–Kier alpha value is -3.80. The summed E-state index contributed by atoms with van der Waals surface area (Å²) in [7, 11) is 0. The molecule has 32 heavy (non-hydrogen) atoms. The molecule has 5 rings (SSSR count). The first kappa shape index (κ1) is 20.1. The van der Waals surface area contributed by atoms with Gasteiger partial charge in [-0.3, -0.25) is 9.59 Å². The highest BCUT2D eigenvalue weighted by Gasteiger charge is 2.28. The number of ether oxygens (including phenoxy) is 2. The molecule has 0 aliphatic carbocycles. The average molecular weight is 428 g/mol. The summed E-state index contributed by atoms with van der Waals surface area (Å²) in [5.41, 5.74) is 3.58. The van der Waals surface area contributed by atoms with Gasteiger partial charge in [0.25, 0.3) is 5.91 Å². The van der Waals surface area contributed by atoms with Gasteiger partial charge < -0.3 is 19.7 Å². The van der Waals surface area contributed by atoms with Crippen molar-refractivity contribution in [2.75, 3.05) is 25.2 Å². The van der Waals surface area contributed by atoms with Gasteiger partial charge in [-0.05, 0) is 48.2 Å². The monoisotopic (exact) mass is 428 g/mol. The van der Waals surface area contributed by atoms with E-state index in [9.17, 15) is 9.59 Å². The predicted octanol–water partition coefficient (Wildman–Crippen LogP) is 4.57. The number of fused-ring (bicyclic) bond motifs is 1. The molecule has 2 heterocycles. The fourth-order valence-electron chi connectivity index (χ4n) is 4.18. The van der Waals surface area contributed by atoms with Crippen LogP contribution in [0.4, 0.5) is 5.69 Å². The molecule has 0 bridgehead atoms. The van der Waals surface area contributed by atoms with Crippen LogP contribution in [0.5, 0.6) is 11.5 Å². The van der Waals surface area contributed by atoms with Gasteiger partial charge >= 0.3 is 0 Å². The van der Waals surface area contributed by atoms with Crippen molar-refractivity contribution >= 4 is 17.5 Å². The normalized spacial score (nSPS) is 15.4. The van der Waals surface area contributed by atoms with E-state index in [4.69, 9.17) is 9.47 Å². The van der Waals surface area contributed by atoms with Gasteiger partial charge in [-0.1, -0.05) is 42.5 Å². The Bertz CT molecular complexity index is 1120. The summed E-state index contributed by atoms with van der Waals surface area (Å²) in [6.45, 7) is 1.34. The summed E-state index contributed by atoms with van der Waals surface area (Å²) in [5.74, 6) is 1.19. The van der Waals surface area contributed by atoms with Gasteiger partial charge in [-0.2, -0.15) is 0 Å². The summed E-state index contributed by atoms with van der Waals surface area (Å²) < 4.78 is 10.7. The van der Waals surface area contributed by atoms with Crippen molar-refractivity contribution < 1.29 is 19.1 Å². The number of nitrogens with one attached hydrogen (secondary N) is 1. The van der Waals surface area contributed by atoms with Crippen LogP contribution < -0.4 is 14.8 Å². The van der Waals surface area contributed by atoms with E-state index in [0.29, 0.717) is 48.7 Å². The molecule has 0 radical (unpaired) electrons. The van der Waals surface area contributed by atoms with Crippen LogP contribution in [0.1, 0.15) is 23.2 Å². The Labute approximate surface area is 186 Å². The van der Waals surface area contributed by atoms with E-state index < -0.39 is 0 Å². The van der Waals surface area contributed by atoms with E-state index in [1.54, 1.807) is 12.1 Å². The number of likely N-dealkylation sites (tertiary alicyclic amines) is 1. The number of hydrogen-bond donors (Lipinski definition) is 1. The van der Waals surface area contributed by atoms with Crippen molar-refractivity contribution in [1.29, 1.82) is 0 Å². The van der Waals surface area contributed by atoms with Crippen molar-refractivity contribution in [2.24, 2.45) is 5.92 Å². The van der Waals surface area contributed by atoms with Crippen LogP contribution in [0.25, 0.3) is 11.1 Å². The topological polar surface area (TPSA) is 67.9 Å². The number of nitrogens with zero attached hydrogens (tertiary/aromatic N) is 1. The van der Waals surface area contributed by atoms with Gasteiger partial charge in [-0.15, -0.1) is 0 Å². The lowest BCUT2D eigenvalue weighted by molar-refractivity contribution is -0.121. The summed E-state index contributed by atoms with van der Waals surface area (Å²) in [5, 5.41) is 2.96. The summed E-state index contributed by atoms with van der Waals surface area (Å²) in [4.78, 5) is 27.5. The molecule has 2 aliphatic rings. The van der Waals surface area contributed by atoms with E-state index >= 15 is 0 Å². The van der Waals surface area contributed by atoms with E-state index in [-0.39, 0.29) is 24.5 Å². The molecule has 1 N–H and O–H groups in total. The molecular formula is C26H24N2O4. The van der Waals surface area contributed by atoms with Crippen LogP contribution in [0.3, 0.4) is 0 Å². The first-order valence-corrected chi connectivity index (χ1v) is 10.8. The van der Waals surface area contributed by atoms with E-state index in [1.165, 1.54) is 0 Å². The molecule has 3 aromatic rings. The molecule has 0 spiro atoms. The number of rotatable bonds is 4. The smallest absolute Gasteiger partial charge is 0.253 e. The SMILES string of the molecule is O=C(Nc1ccc2c(c1)OCO2)C1CCN(C(=O)c2ccc(-c3ccccc3)cc2)CC1. The summed E-state index contributed by atoms with van der Waals surface area (Å²) >= 11 is 0. The van der Waals surface area contributed by atoms with Gasteiger partial charge in [0.2, 0.25) is 12.7 Å². The Morgan fingerprint density at radius 1 is 0.812 bits per heavy atom. The van der Waals surface area contributed by atoms with Gasteiger partial charge in [-0.25, -0.2) is 0 Å². The van der Waals surface area contributed by atoms with Crippen LogP contribution in [0.15, 0.2) is 72.8 Å². The number of anilines is 1. The van der Waals surface area contributed by atoms with Crippen molar-refractivity contribution in [3.63, 3.8) is 0 Å². The largest absolute Gasteiger partial charge is 0.454 e. The lowest BCUT2D eigenvalue weighted by atomic mass is 9.95. The standard InChI is InChI=1S/C26H24N2O4/c29-25(27-22-10-11-23-24(16-22)32-17-31-23)20-12-14-28(15-13-20)26(30)21-8-6-19(7-9-21)18-4-2-1-3-5-18/h1-11,16,20H,12-15,17H2,(H,27,29). The maximum atomic E-state index is 12.9. The Morgan fingerprint density at radius 2 is 1.50 bits per heavy atom. The minimum absolute atomic E-state index is 0.0132. The maximum Gasteiger partial charge on any atom is 0.253 e. The number of hydrogen-bond acceptors (Lipinski definition) is 4. The van der Waals surface area contributed by atoms with Crippen LogP contribution in [0, 0.1) is 5.92 Å². The van der Waals surface area contributed by atoms with Crippen molar-refractivity contribution in [3.8, 4) is 22.6 Å². The quantitative estimate of drug-likeness (QED) is 0.661. The average Bonchev–Trinajstić information content (AvgIpc) is 3.32. The van der Waals surface area contributed by atoms with Crippen molar-refractivity contribution in [1.82, 2.24) is 4.90 Å². The minimum atomic E-state index is -0.120. The van der Waals surface area contributed by atoms with Crippen molar-refractivity contribution in [3.05, 3.63) is 78.4 Å². The Kier molecular flexibility index (Phi) is 5.50. The zero-order valence-corrected chi connectivity index (χ0v) is 17.6. The third-order valence-corrected chi connectivity index (χ3v) is 6.03. The molecule has 6 heteroatoms. The second-order valence-electron chi connectivity index (χ2n) is 8.07. The third kappa shape index (κ3) is 4.17. The van der Waals surface area contributed by atoms with Crippen LogP contribution >= 0.6 is 0 Å². The second-order valence-corrected chi connectivity index (χ2v) is 8.07. The molecule has 3 aromatic carbocycles. The number of amides is 2. The van der Waals surface area contributed by atoms with Gasteiger partial charge in [0.1, 0.15) is 0 Å². The lowest BCUT2D eigenvalue weighted by Crippen LogP contribution is -2.41. The minimum Gasteiger partial charge on any atom is -0.454 e. The molecule has 0 saturated carbocycles. The Balaban J connectivity index is 1.16. The zero-order chi connectivity index (χ0) is 21.9. The fraction of sp³-hybridized carbons (Fsp3) is 0.231. The number of carbonyl (C=O) groups is 2. The van der Waals surface area contributed by atoms with Crippen LogP contribution in [0.2, 0.25) is 0 Å². The molecule has 1 fully saturated rings. The van der Waals surface area contributed by atoms with Crippen LogP contribution in [-0.2, 0) is 4.79 Å². The van der Waals surface area contributed by atoms with Gasteiger partial charge in [0.05, 0.1) is 0 Å². The molecule has 0 atom stereocenters. The summed E-state index contributed by atoms with van der Waals surface area (Å²) in [6, 6.07) is 23.2. The molecule has 2 amide bonds. The summed E-state index contributed by atoms with van der Waals surface area (Å²) in [6.07, 6.45) is 1.29. The maximum absolute atomic E-state index is 12.9. The van der Waals surface area contributed by atoms with E-state index in [1.807, 2.05) is 53.4 Å². The van der Waals surface area contributed by atoms with Gasteiger partial charge in [0.15, 0.2) is 11.5 Å². The predicted molar refractivity (Wildman–Crippen MR) is 122 cm³/mol. The Morgan fingerprint density at radius 3 is 2.25 bits per heavy atom.